The fourth-order valence-electron chi connectivity index (χ4n) is 2.56. The number of hydrogen-bond acceptors (Lipinski definition) is 1. The molecule has 1 aliphatic heterocycles. The van der Waals surface area contributed by atoms with Crippen LogP contribution in [0, 0.1) is 19.3 Å². The van der Waals surface area contributed by atoms with Gasteiger partial charge in [-0.15, -0.1) is 11.6 Å². The molecule has 0 unspecified atom stereocenters. The molecule has 0 atom stereocenters. The second-order valence-electron chi connectivity index (χ2n) is 5.35. The summed E-state index contributed by atoms with van der Waals surface area (Å²) in [6.45, 7) is 6.06. The van der Waals surface area contributed by atoms with Crippen molar-refractivity contribution in [2.75, 3.05) is 19.1 Å². The van der Waals surface area contributed by atoms with Crippen molar-refractivity contribution in [2.24, 2.45) is 5.41 Å². The van der Waals surface area contributed by atoms with E-state index in [1.165, 1.54) is 16.7 Å². The van der Waals surface area contributed by atoms with Crippen molar-refractivity contribution in [3.05, 3.63) is 34.9 Å². The minimum Gasteiger partial charge on any atom is -0.381 e. The molecule has 0 radical (unpaired) electrons. The average Bonchev–Trinajstić information content (AvgIpc) is 2.35. The fourth-order valence-corrected chi connectivity index (χ4v) is 2.92. The molecule has 1 aromatic carbocycles. The van der Waals surface area contributed by atoms with E-state index >= 15 is 0 Å². The van der Waals surface area contributed by atoms with Gasteiger partial charge >= 0.3 is 0 Å². The van der Waals surface area contributed by atoms with Gasteiger partial charge in [-0.25, -0.2) is 0 Å². The maximum absolute atomic E-state index is 6.22. The molecule has 17 heavy (non-hydrogen) atoms. The molecule has 0 amide bonds. The van der Waals surface area contributed by atoms with Crippen molar-refractivity contribution >= 4 is 11.6 Å². The highest BCUT2D eigenvalue weighted by Crippen LogP contribution is 2.36. The maximum atomic E-state index is 6.22. The molecular formula is C15H21ClO. The molecule has 1 saturated heterocycles. The van der Waals surface area contributed by atoms with E-state index in [1.54, 1.807) is 0 Å². The van der Waals surface area contributed by atoms with Crippen LogP contribution < -0.4 is 0 Å². The lowest BCUT2D eigenvalue weighted by atomic mass is 9.76. The summed E-state index contributed by atoms with van der Waals surface area (Å²) in [5.41, 5.74) is 4.42. The van der Waals surface area contributed by atoms with Gasteiger partial charge < -0.3 is 4.74 Å². The van der Waals surface area contributed by atoms with Gasteiger partial charge in [-0.1, -0.05) is 23.8 Å². The smallest absolute Gasteiger partial charge is 0.0471 e. The maximum Gasteiger partial charge on any atom is 0.0471 e. The first kappa shape index (κ1) is 12.9. The summed E-state index contributed by atoms with van der Waals surface area (Å²) < 4.78 is 5.46. The summed E-state index contributed by atoms with van der Waals surface area (Å²) in [4.78, 5) is 0. The first-order chi connectivity index (χ1) is 8.15. The second kappa shape index (κ2) is 5.41. The van der Waals surface area contributed by atoms with Crippen LogP contribution in [0.5, 0.6) is 0 Å². The molecule has 1 fully saturated rings. The molecule has 2 rings (SSSR count). The molecule has 0 N–H and O–H groups in total. The van der Waals surface area contributed by atoms with Gasteiger partial charge in [0.25, 0.3) is 0 Å². The van der Waals surface area contributed by atoms with Crippen LogP contribution in [0.2, 0.25) is 0 Å². The summed E-state index contributed by atoms with van der Waals surface area (Å²) in [6, 6.07) is 6.70. The van der Waals surface area contributed by atoms with Gasteiger partial charge in [0.1, 0.15) is 0 Å². The normalized spacial score (nSPS) is 19.2. The monoisotopic (exact) mass is 252 g/mol. The third-order valence-electron chi connectivity index (χ3n) is 3.91. The Kier molecular flexibility index (Phi) is 4.11. The minimum atomic E-state index is 0.248. The van der Waals surface area contributed by atoms with E-state index in [1.807, 2.05) is 0 Å². The SMILES string of the molecule is Cc1ccc(C)c(CC2(CCl)CCOCC2)c1. The third kappa shape index (κ3) is 3.02. The second-order valence-corrected chi connectivity index (χ2v) is 5.62. The van der Waals surface area contributed by atoms with E-state index in [9.17, 15) is 0 Å². The molecular weight excluding hydrogens is 232 g/mol. The molecule has 0 aliphatic carbocycles. The van der Waals surface area contributed by atoms with E-state index in [-0.39, 0.29) is 5.41 Å². The van der Waals surface area contributed by atoms with Crippen molar-refractivity contribution in [3.8, 4) is 0 Å². The Hall–Kier alpha value is -0.530. The number of alkyl halides is 1. The third-order valence-corrected chi connectivity index (χ3v) is 4.47. The Balaban J connectivity index is 2.20. The summed E-state index contributed by atoms with van der Waals surface area (Å²) in [5.74, 6) is 0.740. The number of ether oxygens (including phenoxy) is 1. The molecule has 1 nitrogen and oxygen atoms in total. The van der Waals surface area contributed by atoms with E-state index in [0.29, 0.717) is 0 Å². The predicted octanol–water partition coefficient (Wildman–Crippen LogP) is 3.88. The average molecular weight is 253 g/mol. The van der Waals surface area contributed by atoms with Crippen molar-refractivity contribution in [1.82, 2.24) is 0 Å². The van der Waals surface area contributed by atoms with Crippen LogP contribution in [0.4, 0.5) is 0 Å². The largest absolute Gasteiger partial charge is 0.381 e. The zero-order chi connectivity index (χ0) is 12.3. The van der Waals surface area contributed by atoms with Crippen LogP contribution in [-0.4, -0.2) is 19.1 Å². The molecule has 0 bridgehead atoms. The number of benzene rings is 1. The van der Waals surface area contributed by atoms with Crippen LogP contribution in [0.3, 0.4) is 0 Å². The zero-order valence-electron chi connectivity index (χ0n) is 10.8. The van der Waals surface area contributed by atoms with Gasteiger partial charge in [-0.05, 0) is 49.7 Å². The highest BCUT2D eigenvalue weighted by Gasteiger charge is 2.32. The zero-order valence-corrected chi connectivity index (χ0v) is 11.5. The fraction of sp³-hybridized carbons (Fsp3) is 0.600. The molecule has 94 valence electrons. The topological polar surface area (TPSA) is 9.23 Å². The van der Waals surface area contributed by atoms with Crippen molar-refractivity contribution in [3.63, 3.8) is 0 Å². The summed E-state index contributed by atoms with van der Waals surface area (Å²) in [5, 5.41) is 0. The minimum absolute atomic E-state index is 0.248. The highest BCUT2D eigenvalue weighted by molar-refractivity contribution is 6.18. The Labute approximate surface area is 109 Å². The summed E-state index contributed by atoms with van der Waals surface area (Å²) >= 11 is 6.22. The van der Waals surface area contributed by atoms with Crippen LogP contribution >= 0.6 is 11.6 Å². The highest BCUT2D eigenvalue weighted by atomic mass is 35.5. The lowest BCUT2D eigenvalue weighted by molar-refractivity contribution is 0.0257. The standard InChI is InChI=1S/C15H21ClO/c1-12-3-4-13(2)14(9-12)10-15(11-16)5-7-17-8-6-15/h3-4,9H,5-8,10-11H2,1-2H3. The lowest BCUT2D eigenvalue weighted by Crippen LogP contribution is -2.33. The molecule has 0 saturated carbocycles. The Morgan fingerprint density at radius 3 is 2.59 bits per heavy atom. The van der Waals surface area contributed by atoms with Gasteiger partial charge in [0, 0.05) is 19.1 Å². The number of halogens is 1. The van der Waals surface area contributed by atoms with E-state index in [4.69, 9.17) is 16.3 Å². The van der Waals surface area contributed by atoms with Gasteiger partial charge in [0.05, 0.1) is 0 Å². The van der Waals surface area contributed by atoms with Crippen LogP contribution in [0.15, 0.2) is 18.2 Å². The predicted molar refractivity (Wildman–Crippen MR) is 72.8 cm³/mol. The number of hydrogen-bond donors (Lipinski definition) is 0. The first-order valence-electron chi connectivity index (χ1n) is 6.35. The van der Waals surface area contributed by atoms with Crippen LogP contribution in [0.1, 0.15) is 29.5 Å². The molecule has 0 aromatic heterocycles. The van der Waals surface area contributed by atoms with Gasteiger partial charge in [0.2, 0.25) is 0 Å². The Bertz CT molecular complexity index is 381. The molecule has 1 aliphatic rings. The van der Waals surface area contributed by atoms with Crippen molar-refractivity contribution in [1.29, 1.82) is 0 Å². The van der Waals surface area contributed by atoms with Gasteiger partial charge in [-0.2, -0.15) is 0 Å². The van der Waals surface area contributed by atoms with E-state index in [2.05, 4.69) is 32.0 Å². The van der Waals surface area contributed by atoms with Crippen molar-refractivity contribution < 1.29 is 4.74 Å². The number of rotatable bonds is 3. The van der Waals surface area contributed by atoms with Gasteiger partial charge in [-0.3, -0.25) is 0 Å². The van der Waals surface area contributed by atoms with E-state index in [0.717, 1.165) is 38.4 Å². The van der Waals surface area contributed by atoms with Crippen LogP contribution in [-0.2, 0) is 11.2 Å². The van der Waals surface area contributed by atoms with Crippen molar-refractivity contribution in [2.45, 2.75) is 33.1 Å². The van der Waals surface area contributed by atoms with Crippen LogP contribution in [0.25, 0.3) is 0 Å². The Morgan fingerprint density at radius 2 is 1.94 bits per heavy atom. The number of aryl methyl sites for hydroxylation is 2. The molecule has 0 spiro atoms. The quantitative estimate of drug-likeness (QED) is 0.742. The van der Waals surface area contributed by atoms with E-state index < -0.39 is 0 Å². The first-order valence-corrected chi connectivity index (χ1v) is 6.88. The molecule has 1 aromatic rings. The summed E-state index contributed by atoms with van der Waals surface area (Å²) in [7, 11) is 0. The molecule has 2 heteroatoms. The Morgan fingerprint density at radius 1 is 1.24 bits per heavy atom. The lowest BCUT2D eigenvalue weighted by Gasteiger charge is -2.36. The van der Waals surface area contributed by atoms with Gasteiger partial charge in [0.15, 0.2) is 0 Å². The molecule has 1 heterocycles. The summed E-state index contributed by atoms with van der Waals surface area (Å²) in [6.07, 6.45) is 3.27.